The van der Waals surface area contributed by atoms with Crippen molar-refractivity contribution in [3.63, 3.8) is 0 Å². The van der Waals surface area contributed by atoms with Crippen molar-refractivity contribution >= 4 is 30.5 Å². The zero-order valence-corrected chi connectivity index (χ0v) is 57.5. The van der Waals surface area contributed by atoms with Gasteiger partial charge in [-0.15, -0.1) is 0 Å². The number of carbonyl (C=O) groups excluding carboxylic acids is 5. The van der Waals surface area contributed by atoms with Gasteiger partial charge in [0.25, 0.3) is 0 Å². The number of morpholine rings is 2. The van der Waals surface area contributed by atoms with Gasteiger partial charge in [0.15, 0.2) is 25.4 Å². The van der Waals surface area contributed by atoms with Gasteiger partial charge in [-0.1, -0.05) is 0 Å². The Bertz CT molecular complexity index is 1810. The number of alkyl halides is 6. The lowest BCUT2D eigenvalue weighted by molar-refractivity contribution is -0.143. The van der Waals surface area contributed by atoms with Crippen molar-refractivity contribution < 1.29 is 107 Å². The number of hydrogen-bond acceptors (Lipinski definition) is 17. The number of halogens is 6. The number of carbonyl (C=O) groups is 5. The van der Waals surface area contributed by atoms with Crippen LogP contribution in [0.15, 0.2) is 0 Å². The Labute approximate surface area is 532 Å². The molecule has 0 aromatic carbocycles. The summed E-state index contributed by atoms with van der Waals surface area (Å²) in [5.74, 6) is 0.335. The summed E-state index contributed by atoms with van der Waals surface area (Å²) in [4.78, 5) is 67.6. The standard InChI is InChI=1S/2C13H24FNO3.C12H21F2NO3.2C12H22FNO4/c1-10(14)17-9-11-5-7-15(8-6-11)12(16)18-13(2,3)4;1-10(14)17-9-11-7-5-6-8-15(11)12(16)18-13(2,3)4;1-12(2,3)18-11(16)15-7-5-4-6-9(15)8-17-10(13)14;2*1-9(13)17-8-10-7-16-6-5-14(10)11(15)18-12(2,3)4/h2*10-11H,5-9H2,1-4H3;9-10H,4-8H2,1-3H3;2*9-10H,5-8H2,1-4H3/t;10?,11-;9-;2*9?,10-/m.0110/s1. The number of amides is 5. The molecule has 0 aromatic rings. The molecule has 0 radical (unpaired) electrons. The van der Waals surface area contributed by atoms with Crippen LogP contribution in [0.5, 0.6) is 0 Å². The molecular formula is C62H113F6N5O17. The van der Waals surface area contributed by atoms with Crippen LogP contribution in [0.1, 0.15) is 183 Å². The first-order valence-electron chi connectivity index (χ1n) is 31.5. The average Bonchev–Trinajstić information content (AvgIpc) is 1.77. The van der Waals surface area contributed by atoms with Crippen molar-refractivity contribution in [2.75, 3.05) is 98.7 Å². The Morgan fingerprint density at radius 3 is 0.944 bits per heavy atom. The first kappa shape index (κ1) is 83.7. The fourth-order valence-electron chi connectivity index (χ4n) is 8.97. The summed E-state index contributed by atoms with van der Waals surface area (Å²) in [6, 6.07) is -0.993. The highest BCUT2D eigenvalue weighted by molar-refractivity contribution is 5.70. The summed E-state index contributed by atoms with van der Waals surface area (Å²) in [5.41, 5.74) is -2.64. The molecule has 90 heavy (non-hydrogen) atoms. The maximum atomic E-state index is 12.7. The van der Waals surface area contributed by atoms with Gasteiger partial charge in [-0.3, -0.25) is 9.80 Å². The molecule has 530 valence electrons. The van der Waals surface area contributed by atoms with E-state index >= 15 is 0 Å². The molecule has 22 nitrogen and oxygen atoms in total. The van der Waals surface area contributed by atoms with Crippen LogP contribution in [0.2, 0.25) is 0 Å². The molecule has 5 amide bonds. The first-order chi connectivity index (χ1) is 41.5. The molecule has 4 unspecified atom stereocenters. The molecule has 5 aliphatic rings. The molecule has 5 heterocycles. The highest BCUT2D eigenvalue weighted by Gasteiger charge is 2.36. The molecule has 0 spiro atoms. The summed E-state index contributed by atoms with van der Waals surface area (Å²) >= 11 is 0. The highest BCUT2D eigenvalue weighted by atomic mass is 19.3. The minimum absolute atomic E-state index is 0.0770. The van der Waals surface area contributed by atoms with Crippen LogP contribution in [0.4, 0.5) is 50.3 Å². The van der Waals surface area contributed by atoms with Gasteiger partial charge >= 0.3 is 37.1 Å². The maximum absolute atomic E-state index is 12.7. The maximum Gasteiger partial charge on any atom is 0.410 e. The Hall–Kier alpha value is -4.35. The molecule has 5 rings (SSSR count). The third-order valence-corrected chi connectivity index (χ3v) is 13.0. The van der Waals surface area contributed by atoms with E-state index in [1.807, 2.05) is 41.5 Å². The predicted molar refractivity (Wildman–Crippen MR) is 325 cm³/mol. The van der Waals surface area contributed by atoms with Gasteiger partial charge in [0.2, 0.25) is 0 Å². The number of likely N-dealkylation sites (tertiary alicyclic amines) is 3. The van der Waals surface area contributed by atoms with E-state index in [1.54, 1.807) is 72.1 Å². The van der Waals surface area contributed by atoms with Gasteiger partial charge in [0.05, 0.1) is 83.6 Å². The van der Waals surface area contributed by atoms with Crippen molar-refractivity contribution in [3.05, 3.63) is 0 Å². The number of nitrogens with zero attached hydrogens (tertiary/aromatic N) is 5. The molecular weight excluding hydrogens is 1200 g/mol. The molecule has 5 saturated heterocycles. The van der Waals surface area contributed by atoms with Crippen molar-refractivity contribution in [2.45, 2.75) is 267 Å². The van der Waals surface area contributed by atoms with E-state index < -0.39 is 78.3 Å². The van der Waals surface area contributed by atoms with Gasteiger partial charge < -0.3 is 71.5 Å². The molecule has 5 fully saturated rings. The van der Waals surface area contributed by atoms with Crippen LogP contribution in [0.25, 0.3) is 0 Å². The Kier molecular flexibility index (Phi) is 37.8. The van der Waals surface area contributed by atoms with E-state index in [1.165, 1.54) is 42.4 Å². The quantitative estimate of drug-likeness (QED) is 0.110. The molecule has 8 atom stereocenters. The smallest absolute Gasteiger partial charge is 0.410 e. The zero-order valence-electron chi connectivity index (χ0n) is 57.5. The monoisotopic (exact) mass is 1310 g/mol. The highest BCUT2D eigenvalue weighted by Crippen LogP contribution is 2.25. The normalized spacial score (nSPS) is 21.8. The van der Waals surface area contributed by atoms with E-state index in [0.29, 0.717) is 84.6 Å². The Morgan fingerprint density at radius 1 is 0.367 bits per heavy atom. The van der Waals surface area contributed by atoms with E-state index in [9.17, 15) is 50.3 Å². The molecule has 0 aliphatic carbocycles. The first-order valence-corrected chi connectivity index (χ1v) is 31.5. The SMILES string of the molecule is CC(C)(C)OC(=O)N1CCCC[C@@H]1COC(F)F.CC(F)OCC1CCN(C(=O)OC(C)(C)C)CC1.CC(F)OC[C@@H]1CCCCN1C(=O)OC(C)(C)C.CC(F)OC[C@@H]1COCCN1C(=O)OC(C)(C)C.CC(F)OC[C@H]1COCCN1C(=O)OC(C)(C)C. The van der Waals surface area contributed by atoms with Crippen LogP contribution in [-0.2, 0) is 56.8 Å². The van der Waals surface area contributed by atoms with Crippen molar-refractivity contribution in [2.24, 2.45) is 5.92 Å². The molecule has 0 N–H and O–H groups in total. The zero-order chi connectivity index (χ0) is 68.8. The van der Waals surface area contributed by atoms with E-state index in [0.717, 1.165) is 44.9 Å². The molecule has 28 heteroatoms. The second kappa shape index (κ2) is 40.7. The Balaban J connectivity index is 0.000000562. The van der Waals surface area contributed by atoms with Crippen molar-refractivity contribution in [1.29, 1.82) is 0 Å². The van der Waals surface area contributed by atoms with Crippen molar-refractivity contribution in [3.8, 4) is 0 Å². The molecule has 5 aliphatic heterocycles. The minimum Gasteiger partial charge on any atom is -0.444 e. The van der Waals surface area contributed by atoms with Crippen molar-refractivity contribution in [1.82, 2.24) is 24.5 Å². The number of piperidine rings is 3. The summed E-state index contributed by atoms with van der Waals surface area (Å²) in [7, 11) is 0. The van der Waals surface area contributed by atoms with E-state index in [2.05, 4.69) is 4.74 Å². The van der Waals surface area contributed by atoms with Crippen LogP contribution in [-0.4, -0.2) is 238 Å². The van der Waals surface area contributed by atoms with Crippen LogP contribution >= 0.6 is 0 Å². The fourth-order valence-corrected chi connectivity index (χ4v) is 8.97. The summed E-state index contributed by atoms with van der Waals surface area (Å²) in [6.45, 7) is 35.5. The lowest BCUT2D eigenvalue weighted by atomic mass is 9.98. The topological polar surface area (TPSA) is 212 Å². The second-order valence-electron chi connectivity index (χ2n) is 27.5. The summed E-state index contributed by atoms with van der Waals surface area (Å²) in [6.07, 6.45) is -0.128. The van der Waals surface area contributed by atoms with Gasteiger partial charge in [-0.05, 0) is 189 Å². The predicted octanol–water partition coefficient (Wildman–Crippen LogP) is 13.0. The average molecular weight is 1310 g/mol. The lowest BCUT2D eigenvalue weighted by Crippen LogP contribution is -2.52. The number of ether oxygens (including phenoxy) is 12. The van der Waals surface area contributed by atoms with E-state index in [4.69, 9.17) is 52.1 Å². The van der Waals surface area contributed by atoms with Crippen LogP contribution in [0, 0.1) is 5.92 Å². The van der Waals surface area contributed by atoms with Gasteiger partial charge in [-0.25, -0.2) is 41.5 Å². The summed E-state index contributed by atoms with van der Waals surface area (Å²) < 4.78 is 136. The third-order valence-electron chi connectivity index (χ3n) is 13.0. The van der Waals surface area contributed by atoms with Gasteiger partial charge in [0.1, 0.15) is 28.0 Å². The molecule has 0 saturated carbocycles. The second-order valence-corrected chi connectivity index (χ2v) is 27.5. The fraction of sp³-hybridized carbons (Fsp3) is 0.919. The van der Waals surface area contributed by atoms with Gasteiger partial charge in [-0.2, -0.15) is 8.78 Å². The lowest BCUT2D eigenvalue weighted by Gasteiger charge is -2.36. The third kappa shape index (κ3) is 39.9. The van der Waals surface area contributed by atoms with Gasteiger partial charge in [0, 0.05) is 39.3 Å². The summed E-state index contributed by atoms with van der Waals surface area (Å²) in [5, 5.41) is 0. The minimum atomic E-state index is -2.80. The number of rotatable bonds is 15. The van der Waals surface area contributed by atoms with Crippen LogP contribution in [0.3, 0.4) is 0 Å². The largest absolute Gasteiger partial charge is 0.444 e. The van der Waals surface area contributed by atoms with E-state index in [-0.39, 0.29) is 62.8 Å². The molecule has 0 bridgehead atoms. The Morgan fingerprint density at radius 2 is 0.644 bits per heavy atom. The van der Waals surface area contributed by atoms with Crippen LogP contribution < -0.4 is 0 Å². The molecule has 0 aromatic heterocycles. The number of hydrogen-bond donors (Lipinski definition) is 0.